The van der Waals surface area contributed by atoms with Crippen molar-refractivity contribution in [2.24, 2.45) is 10.4 Å². The number of fused-ring (bicyclic) bond motifs is 1. The third-order valence-corrected chi connectivity index (χ3v) is 5.53. The molecule has 130 valence electrons. The van der Waals surface area contributed by atoms with E-state index in [2.05, 4.69) is 36.1 Å². The van der Waals surface area contributed by atoms with Crippen molar-refractivity contribution in [2.75, 3.05) is 30.9 Å². The Kier molecular flexibility index (Phi) is 4.85. The van der Waals surface area contributed by atoms with E-state index in [9.17, 15) is 0 Å². The molecule has 0 spiro atoms. The van der Waals surface area contributed by atoms with Crippen molar-refractivity contribution in [3.8, 4) is 0 Å². The van der Waals surface area contributed by atoms with Crippen LogP contribution in [0.5, 0.6) is 0 Å². The minimum atomic E-state index is 0.225. The van der Waals surface area contributed by atoms with Gasteiger partial charge in [0.25, 0.3) is 0 Å². The Morgan fingerprint density at radius 3 is 2.79 bits per heavy atom. The number of thioether (sulfide) groups is 1. The second kappa shape index (κ2) is 6.75. The van der Waals surface area contributed by atoms with Crippen molar-refractivity contribution < 1.29 is 0 Å². The Morgan fingerprint density at radius 1 is 1.29 bits per heavy atom. The predicted octanol–water partition coefficient (Wildman–Crippen LogP) is 4.33. The number of hydrogen-bond acceptors (Lipinski definition) is 6. The highest BCUT2D eigenvalue weighted by Gasteiger charge is 2.36. The molecular weight excluding hydrogens is 318 g/mol. The zero-order chi connectivity index (χ0) is 17.3. The maximum Gasteiger partial charge on any atom is 0.156 e. The summed E-state index contributed by atoms with van der Waals surface area (Å²) in [6.07, 6.45) is 6.04. The van der Waals surface area contributed by atoms with Gasteiger partial charge in [-0.1, -0.05) is 39.0 Å². The molecule has 0 saturated heterocycles. The van der Waals surface area contributed by atoms with Crippen LogP contribution in [0.2, 0.25) is 0 Å². The third-order valence-electron chi connectivity index (χ3n) is 4.34. The van der Waals surface area contributed by atoms with E-state index in [-0.39, 0.29) is 5.41 Å². The first-order chi connectivity index (χ1) is 11.4. The van der Waals surface area contributed by atoms with Crippen molar-refractivity contribution in [1.82, 2.24) is 9.97 Å². The minimum absolute atomic E-state index is 0.225. The molecule has 1 aromatic heterocycles. The molecule has 1 aliphatic carbocycles. The van der Waals surface area contributed by atoms with Gasteiger partial charge in [0.05, 0.1) is 10.6 Å². The molecule has 3 rings (SSSR count). The third kappa shape index (κ3) is 3.43. The Hall–Kier alpha value is -1.56. The van der Waals surface area contributed by atoms with Crippen LogP contribution < -0.4 is 10.2 Å². The maximum absolute atomic E-state index is 4.93. The number of aromatic nitrogens is 2. The van der Waals surface area contributed by atoms with Gasteiger partial charge in [-0.15, -0.1) is 0 Å². The lowest BCUT2D eigenvalue weighted by molar-refractivity contribution is 0.373. The standard InChI is InChI=1S/C18H27N5S/c1-6-7-8-19-12-9-18(2,3)10-13-15(12)24-17-14(22-13)16(23(4)5)20-11-21-17/h11,22H,6-10H2,1-5H3. The van der Waals surface area contributed by atoms with Crippen LogP contribution in [-0.4, -0.2) is 36.3 Å². The predicted molar refractivity (Wildman–Crippen MR) is 103 cm³/mol. The fourth-order valence-corrected chi connectivity index (χ4v) is 4.22. The molecule has 0 saturated carbocycles. The van der Waals surface area contributed by atoms with Gasteiger partial charge >= 0.3 is 0 Å². The number of nitrogens with one attached hydrogen (secondary N) is 1. The molecule has 0 aromatic carbocycles. The molecule has 6 heteroatoms. The summed E-state index contributed by atoms with van der Waals surface area (Å²) in [6.45, 7) is 7.77. The van der Waals surface area contributed by atoms with Gasteiger partial charge in [0.2, 0.25) is 0 Å². The first kappa shape index (κ1) is 17.3. The summed E-state index contributed by atoms with van der Waals surface area (Å²) in [5, 5.41) is 4.63. The van der Waals surface area contributed by atoms with E-state index in [0.717, 1.165) is 42.3 Å². The van der Waals surface area contributed by atoms with Crippen LogP contribution in [0.4, 0.5) is 11.5 Å². The van der Waals surface area contributed by atoms with Crippen molar-refractivity contribution in [1.29, 1.82) is 0 Å². The van der Waals surface area contributed by atoms with E-state index >= 15 is 0 Å². The lowest BCUT2D eigenvalue weighted by atomic mass is 9.78. The minimum Gasteiger partial charge on any atom is -0.361 e. The lowest BCUT2D eigenvalue weighted by Gasteiger charge is -2.37. The number of aliphatic imine (C=N–C) groups is 1. The highest BCUT2D eigenvalue weighted by molar-refractivity contribution is 8.04. The van der Waals surface area contributed by atoms with E-state index in [4.69, 9.17) is 4.99 Å². The molecule has 0 fully saturated rings. The summed E-state index contributed by atoms with van der Waals surface area (Å²) in [7, 11) is 4.03. The van der Waals surface area contributed by atoms with Crippen molar-refractivity contribution >= 4 is 29.0 Å². The molecule has 0 amide bonds. The average molecular weight is 346 g/mol. The Balaban J connectivity index is 1.98. The van der Waals surface area contributed by atoms with E-state index in [0.29, 0.717) is 0 Å². The fourth-order valence-electron chi connectivity index (χ4n) is 3.18. The molecule has 1 aromatic rings. The summed E-state index contributed by atoms with van der Waals surface area (Å²) in [5.74, 6) is 0.937. The van der Waals surface area contributed by atoms with Crippen LogP contribution in [0.15, 0.2) is 26.9 Å². The first-order valence-electron chi connectivity index (χ1n) is 8.65. The van der Waals surface area contributed by atoms with Gasteiger partial charge in [0.15, 0.2) is 5.82 Å². The SMILES string of the molecule is CCCCN=C1CC(C)(C)CC2=C1Sc1ncnc(N(C)C)c1N2. The van der Waals surface area contributed by atoms with Gasteiger partial charge in [-0.05, 0) is 24.7 Å². The largest absolute Gasteiger partial charge is 0.361 e. The summed E-state index contributed by atoms with van der Waals surface area (Å²) in [6, 6.07) is 0. The van der Waals surface area contributed by atoms with E-state index < -0.39 is 0 Å². The van der Waals surface area contributed by atoms with E-state index in [1.807, 2.05) is 19.0 Å². The molecule has 0 radical (unpaired) electrons. The zero-order valence-corrected chi connectivity index (χ0v) is 16.1. The fraction of sp³-hybridized carbons (Fsp3) is 0.611. The summed E-state index contributed by atoms with van der Waals surface area (Å²) in [5.41, 5.74) is 3.76. The van der Waals surface area contributed by atoms with E-state index in [1.54, 1.807) is 18.1 Å². The van der Waals surface area contributed by atoms with Gasteiger partial charge in [0.1, 0.15) is 17.0 Å². The number of nitrogens with zero attached hydrogens (tertiary/aromatic N) is 4. The van der Waals surface area contributed by atoms with Gasteiger partial charge in [0, 0.05) is 26.3 Å². The molecule has 0 unspecified atom stereocenters. The van der Waals surface area contributed by atoms with Crippen molar-refractivity contribution in [2.45, 2.75) is 51.5 Å². The quantitative estimate of drug-likeness (QED) is 0.650. The smallest absolute Gasteiger partial charge is 0.156 e. The van der Waals surface area contributed by atoms with Crippen LogP contribution in [0.1, 0.15) is 46.5 Å². The van der Waals surface area contributed by atoms with Crippen LogP contribution in [0.25, 0.3) is 0 Å². The Labute approximate surface area is 149 Å². The number of unbranched alkanes of at least 4 members (excludes halogenated alkanes) is 1. The molecule has 2 aliphatic rings. The highest BCUT2D eigenvalue weighted by atomic mass is 32.2. The molecule has 5 nitrogen and oxygen atoms in total. The summed E-state index contributed by atoms with van der Waals surface area (Å²) in [4.78, 5) is 17.2. The van der Waals surface area contributed by atoms with Crippen LogP contribution >= 0.6 is 11.8 Å². The van der Waals surface area contributed by atoms with Crippen LogP contribution in [-0.2, 0) is 0 Å². The molecule has 0 atom stereocenters. The van der Waals surface area contributed by atoms with Crippen molar-refractivity contribution in [3.05, 3.63) is 16.9 Å². The summed E-state index contributed by atoms with van der Waals surface area (Å²) < 4.78 is 0. The number of allylic oxidation sites excluding steroid dienone is 2. The molecule has 0 bridgehead atoms. The van der Waals surface area contributed by atoms with Gasteiger partial charge in [-0.25, -0.2) is 9.97 Å². The second-order valence-corrected chi connectivity index (χ2v) is 8.51. The number of rotatable bonds is 4. The first-order valence-corrected chi connectivity index (χ1v) is 9.47. The molecule has 1 aliphatic heterocycles. The second-order valence-electron chi connectivity index (χ2n) is 7.51. The molecule has 1 N–H and O–H groups in total. The van der Waals surface area contributed by atoms with Crippen molar-refractivity contribution in [3.63, 3.8) is 0 Å². The van der Waals surface area contributed by atoms with Crippen LogP contribution in [0, 0.1) is 5.41 Å². The molecule has 24 heavy (non-hydrogen) atoms. The number of anilines is 2. The molecular formula is C18H27N5S. The average Bonchev–Trinajstić information content (AvgIpc) is 2.51. The normalized spacial score (nSPS) is 20.5. The van der Waals surface area contributed by atoms with E-state index in [1.165, 1.54) is 22.7 Å². The molecule has 2 heterocycles. The summed E-state index contributed by atoms with van der Waals surface area (Å²) >= 11 is 1.75. The van der Waals surface area contributed by atoms with Gasteiger partial charge in [-0.3, -0.25) is 4.99 Å². The Bertz CT molecular complexity index is 691. The van der Waals surface area contributed by atoms with Crippen LogP contribution in [0.3, 0.4) is 0 Å². The maximum atomic E-state index is 4.93. The van der Waals surface area contributed by atoms with Gasteiger partial charge in [-0.2, -0.15) is 0 Å². The topological polar surface area (TPSA) is 53.4 Å². The monoisotopic (exact) mass is 345 g/mol. The Morgan fingerprint density at radius 2 is 2.08 bits per heavy atom. The highest BCUT2D eigenvalue weighted by Crippen LogP contribution is 2.49. The number of hydrogen-bond donors (Lipinski definition) is 1. The zero-order valence-electron chi connectivity index (χ0n) is 15.3. The lowest BCUT2D eigenvalue weighted by Crippen LogP contribution is -2.30. The van der Waals surface area contributed by atoms with Gasteiger partial charge < -0.3 is 10.2 Å².